The van der Waals surface area contributed by atoms with Gasteiger partial charge in [-0.05, 0) is 48.0 Å². The van der Waals surface area contributed by atoms with Gasteiger partial charge in [0.2, 0.25) is 15.3 Å². The second kappa shape index (κ2) is 7.25. The average molecular weight is 411 g/mol. The normalized spacial score (nSPS) is 11.7. The van der Waals surface area contributed by atoms with Crippen molar-refractivity contribution in [3.8, 4) is 0 Å². The van der Waals surface area contributed by atoms with E-state index in [1.807, 2.05) is 30.3 Å². The molecule has 4 nitrogen and oxygen atoms in total. The number of hydrogen-bond acceptors (Lipinski definition) is 3. The van der Waals surface area contributed by atoms with Crippen molar-refractivity contribution in [1.29, 1.82) is 0 Å². The highest BCUT2D eigenvalue weighted by atomic mass is 32.2. The minimum Gasteiger partial charge on any atom is -0.341 e. The molecule has 1 aromatic heterocycles. The maximum atomic E-state index is 13.8. The summed E-state index contributed by atoms with van der Waals surface area (Å²) in [6, 6.07) is 17.2. The number of aromatic nitrogens is 1. The first-order valence-corrected chi connectivity index (χ1v) is 10.2. The highest BCUT2D eigenvalue weighted by Gasteiger charge is 2.24. The Balaban J connectivity index is 1.98. The maximum Gasteiger partial charge on any atom is 0.211 e. The molecule has 0 unspecified atom stereocenters. The zero-order valence-corrected chi connectivity index (χ0v) is 15.9. The molecule has 0 N–H and O–H groups in total. The van der Waals surface area contributed by atoms with E-state index in [4.69, 9.17) is 0 Å². The molecule has 146 valence electrons. The zero-order chi connectivity index (χ0) is 20.6. The van der Waals surface area contributed by atoms with E-state index >= 15 is 0 Å². The largest absolute Gasteiger partial charge is 0.341 e. The van der Waals surface area contributed by atoms with E-state index in [9.17, 15) is 22.0 Å². The van der Waals surface area contributed by atoms with Gasteiger partial charge in [0.1, 0.15) is 16.5 Å². The van der Waals surface area contributed by atoms with Crippen molar-refractivity contribution in [2.75, 3.05) is 0 Å². The summed E-state index contributed by atoms with van der Waals surface area (Å²) in [5.74, 6) is -1.23. The predicted molar refractivity (Wildman–Crippen MR) is 106 cm³/mol. The summed E-state index contributed by atoms with van der Waals surface area (Å²) in [4.78, 5) is 12.2. The lowest BCUT2D eigenvalue weighted by molar-refractivity contribution is 0.592. The van der Waals surface area contributed by atoms with Crippen LogP contribution in [0.5, 0.6) is 0 Å². The first-order valence-electron chi connectivity index (χ1n) is 8.73. The molecule has 0 fully saturated rings. The van der Waals surface area contributed by atoms with Gasteiger partial charge in [-0.3, -0.25) is 4.79 Å². The number of nitrogens with zero attached hydrogens (tertiary/aromatic N) is 1. The van der Waals surface area contributed by atoms with Crippen molar-refractivity contribution in [2.45, 2.75) is 16.3 Å². The van der Waals surface area contributed by atoms with Gasteiger partial charge in [-0.25, -0.2) is 17.2 Å². The fraction of sp³-hybridized carbons (Fsp3) is 0.0455. The molecule has 1 heterocycles. The SMILES string of the molecule is O=c1c(S(=O)(=O)c2ccc(F)cc2)cn(Cc2ccccc2)c2ccc(F)cc12. The van der Waals surface area contributed by atoms with Crippen LogP contribution in [0.2, 0.25) is 0 Å². The van der Waals surface area contributed by atoms with Crippen LogP contribution in [0, 0.1) is 11.6 Å². The van der Waals surface area contributed by atoms with Gasteiger partial charge in [0.05, 0.1) is 10.4 Å². The molecule has 0 bridgehead atoms. The average Bonchev–Trinajstić information content (AvgIpc) is 2.71. The quantitative estimate of drug-likeness (QED) is 0.474. The fourth-order valence-electron chi connectivity index (χ4n) is 3.19. The molecule has 3 aromatic carbocycles. The topological polar surface area (TPSA) is 56.1 Å². The van der Waals surface area contributed by atoms with Crippen molar-refractivity contribution in [2.24, 2.45) is 0 Å². The highest BCUT2D eigenvalue weighted by Crippen LogP contribution is 2.23. The molecule has 0 saturated carbocycles. The number of halogens is 2. The molecule has 0 saturated heterocycles. The lowest BCUT2D eigenvalue weighted by atomic mass is 10.1. The van der Waals surface area contributed by atoms with Crippen LogP contribution in [0.4, 0.5) is 8.78 Å². The van der Waals surface area contributed by atoms with Gasteiger partial charge >= 0.3 is 0 Å². The molecule has 0 aliphatic heterocycles. The third kappa shape index (κ3) is 3.56. The molecule has 0 aliphatic carbocycles. The van der Waals surface area contributed by atoms with Gasteiger partial charge in [0.15, 0.2) is 0 Å². The van der Waals surface area contributed by atoms with Gasteiger partial charge < -0.3 is 4.57 Å². The second-order valence-electron chi connectivity index (χ2n) is 6.55. The summed E-state index contributed by atoms with van der Waals surface area (Å²) >= 11 is 0. The van der Waals surface area contributed by atoms with E-state index in [0.717, 1.165) is 35.9 Å². The minimum absolute atomic E-state index is 0.0379. The molecule has 0 amide bonds. The Bertz CT molecular complexity index is 1360. The molecule has 4 aromatic rings. The van der Waals surface area contributed by atoms with Crippen LogP contribution in [0.1, 0.15) is 5.56 Å². The van der Waals surface area contributed by atoms with Crippen LogP contribution >= 0.6 is 0 Å². The molecular weight excluding hydrogens is 396 g/mol. The summed E-state index contributed by atoms with van der Waals surface area (Å²) in [7, 11) is -4.23. The van der Waals surface area contributed by atoms with Crippen LogP contribution in [-0.4, -0.2) is 13.0 Å². The molecule has 0 aliphatic rings. The van der Waals surface area contributed by atoms with Gasteiger partial charge in [-0.1, -0.05) is 30.3 Å². The Morgan fingerprint density at radius 2 is 1.48 bits per heavy atom. The van der Waals surface area contributed by atoms with Gasteiger partial charge in [-0.15, -0.1) is 0 Å². The summed E-state index contributed by atoms with van der Waals surface area (Å²) < 4.78 is 54.8. The number of hydrogen-bond donors (Lipinski definition) is 0. The molecular formula is C22H15F2NO3S. The molecule has 4 rings (SSSR count). The fourth-order valence-corrected chi connectivity index (χ4v) is 4.55. The smallest absolute Gasteiger partial charge is 0.211 e. The number of fused-ring (bicyclic) bond motifs is 1. The first kappa shape index (κ1) is 19.0. The summed E-state index contributed by atoms with van der Waals surface area (Å²) in [6.45, 7) is 0.287. The lowest BCUT2D eigenvalue weighted by Gasteiger charge is -2.14. The summed E-state index contributed by atoms with van der Waals surface area (Å²) in [5, 5.41) is -0.0379. The standard InChI is InChI=1S/C22H15F2NO3S/c23-16-6-9-18(10-7-16)29(27,28)21-14-25(13-15-4-2-1-3-5-15)20-11-8-17(24)12-19(20)22(21)26/h1-12,14H,13H2. The van der Waals surface area contributed by atoms with Gasteiger partial charge in [0, 0.05) is 18.1 Å². The molecule has 0 radical (unpaired) electrons. The summed E-state index contributed by atoms with van der Waals surface area (Å²) in [6.07, 6.45) is 1.26. The van der Waals surface area contributed by atoms with E-state index in [1.165, 1.54) is 18.3 Å². The van der Waals surface area contributed by atoms with Gasteiger partial charge in [-0.2, -0.15) is 0 Å². The van der Waals surface area contributed by atoms with Crippen LogP contribution < -0.4 is 5.43 Å². The van der Waals surface area contributed by atoms with Crippen molar-refractivity contribution in [1.82, 2.24) is 4.57 Å². The van der Waals surface area contributed by atoms with E-state index in [0.29, 0.717) is 5.52 Å². The third-order valence-corrected chi connectivity index (χ3v) is 6.38. The minimum atomic E-state index is -4.23. The van der Waals surface area contributed by atoms with Crippen LogP contribution in [0.15, 0.2) is 93.6 Å². The highest BCUT2D eigenvalue weighted by molar-refractivity contribution is 7.91. The number of rotatable bonds is 4. The third-order valence-electron chi connectivity index (χ3n) is 4.62. The van der Waals surface area contributed by atoms with Crippen LogP contribution in [0.3, 0.4) is 0 Å². The van der Waals surface area contributed by atoms with E-state index in [-0.39, 0.29) is 16.8 Å². The number of benzene rings is 3. The predicted octanol–water partition coefficient (Wildman–Crippen LogP) is 4.16. The molecule has 0 atom stereocenters. The second-order valence-corrected chi connectivity index (χ2v) is 8.47. The number of pyridine rings is 1. The Hall–Kier alpha value is -3.32. The van der Waals surface area contributed by atoms with Crippen LogP contribution in [-0.2, 0) is 16.4 Å². The monoisotopic (exact) mass is 411 g/mol. The molecule has 0 spiro atoms. The Morgan fingerprint density at radius 3 is 2.17 bits per heavy atom. The molecule has 29 heavy (non-hydrogen) atoms. The maximum absolute atomic E-state index is 13.8. The Labute approximate surface area is 165 Å². The Morgan fingerprint density at radius 1 is 0.828 bits per heavy atom. The van der Waals surface area contributed by atoms with E-state index in [1.54, 1.807) is 4.57 Å². The van der Waals surface area contributed by atoms with E-state index < -0.39 is 31.8 Å². The van der Waals surface area contributed by atoms with Gasteiger partial charge in [0.25, 0.3) is 0 Å². The van der Waals surface area contributed by atoms with Crippen molar-refractivity contribution < 1.29 is 17.2 Å². The van der Waals surface area contributed by atoms with Crippen LogP contribution in [0.25, 0.3) is 10.9 Å². The summed E-state index contributed by atoms with van der Waals surface area (Å²) in [5.41, 5.74) is 0.498. The Kier molecular flexibility index (Phi) is 4.76. The zero-order valence-electron chi connectivity index (χ0n) is 15.0. The molecule has 7 heteroatoms. The van der Waals surface area contributed by atoms with Crippen molar-refractivity contribution in [3.05, 3.63) is 106 Å². The van der Waals surface area contributed by atoms with Crippen molar-refractivity contribution >= 4 is 20.7 Å². The lowest BCUT2D eigenvalue weighted by Crippen LogP contribution is -2.20. The van der Waals surface area contributed by atoms with Crippen molar-refractivity contribution in [3.63, 3.8) is 0 Å². The number of sulfone groups is 1. The first-order chi connectivity index (χ1) is 13.9. The van der Waals surface area contributed by atoms with E-state index in [2.05, 4.69) is 0 Å².